The minimum Gasteiger partial charge on any atom is -0.449 e. The molecule has 17 heavy (non-hydrogen) atoms. The Labute approximate surface area is 93.3 Å². The molecule has 2 aromatic rings. The number of carbonyl (C=O) groups is 1. The van der Waals surface area contributed by atoms with E-state index in [4.69, 9.17) is 9.52 Å². The molecule has 1 aromatic carbocycles. The van der Waals surface area contributed by atoms with Crippen LogP contribution >= 0.6 is 0 Å². The molecule has 0 atom stereocenters. The van der Waals surface area contributed by atoms with E-state index in [1.165, 1.54) is 0 Å². The largest absolute Gasteiger partial charge is 0.512 e. The first kappa shape index (κ1) is 11.1. The van der Waals surface area contributed by atoms with Crippen LogP contribution in [0.3, 0.4) is 0 Å². The lowest BCUT2D eigenvalue weighted by Gasteiger charge is -2.01. The maximum atomic E-state index is 13.4. The van der Waals surface area contributed by atoms with Crippen LogP contribution < -0.4 is 4.74 Å². The first-order valence-electron chi connectivity index (χ1n) is 4.37. The molecule has 7 heteroatoms. The number of halogens is 2. The molecule has 0 saturated heterocycles. The van der Waals surface area contributed by atoms with Crippen LogP contribution in [0.15, 0.2) is 29.0 Å². The lowest BCUT2D eigenvalue weighted by atomic mass is 10.1. The Morgan fingerprint density at radius 3 is 2.82 bits per heavy atom. The molecule has 0 aliphatic carbocycles. The number of carboxylic acid groups (broad SMARTS) is 1. The third-order valence-corrected chi connectivity index (χ3v) is 1.89. The molecular formula is C10H5F2NO4. The zero-order valence-electron chi connectivity index (χ0n) is 8.18. The number of oxazole rings is 1. The second-order valence-electron chi connectivity index (χ2n) is 2.98. The Balaban J connectivity index is 2.46. The van der Waals surface area contributed by atoms with Crippen molar-refractivity contribution >= 4 is 6.16 Å². The van der Waals surface area contributed by atoms with Gasteiger partial charge < -0.3 is 14.3 Å². The summed E-state index contributed by atoms with van der Waals surface area (Å²) >= 11 is 0. The van der Waals surface area contributed by atoms with Crippen molar-refractivity contribution in [3.8, 4) is 17.2 Å². The van der Waals surface area contributed by atoms with Gasteiger partial charge in [0.1, 0.15) is 11.6 Å². The molecule has 0 amide bonds. The van der Waals surface area contributed by atoms with Gasteiger partial charge in [0, 0.05) is 6.07 Å². The van der Waals surface area contributed by atoms with Gasteiger partial charge in [0.05, 0.1) is 5.56 Å². The van der Waals surface area contributed by atoms with Crippen LogP contribution in [0, 0.1) is 11.6 Å². The van der Waals surface area contributed by atoms with Crippen molar-refractivity contribution in [1.82, 2.24) is 4.98 Å². The van der Waals surface area contributed by atoms with Gasteiger partial charge in [0.15, 0.2) is 6.39 Å². The lowest BCUT2D eigenvalue weighted by molar-refractivity contribution is 0.142. The molecule has 0 radical (unpaired) electrons. The fourth-order valence-corrected chi connectivity index (χ4v) is 1.24. The number of aromatic nitrogens is 1. The Morgan fingerprint density at radius 1 is 1.41 bits per heavy atom. The highest BCUT2D eigenvalue weighted by molar-refractivity contribution is 5.68. The van der Waals surface area contributed by atoms with E-state index >= 15 is 0 Å². The van der Waals surface area contributed by atoms with Gasteiger partial charge in [-0.05, 0) is 12.1 Å². The maximum Gasteiger partial charge on any atom is 0.512 e. The summed E-state index contributed by atoms with van der Waals surface area (Å²) in [7, 11) is 0. The second kappa shape index (κ2) is 4.20. The van der Waals surface area contributed by atoms with Crippen molar-refractivity contribution < 1.29 is 27.8 Å². The highest BCUT2D eigenvalue weighted by Crippen LogP contribution is 2.31. The van der Waals surface area contributed by atoms with Crippen molar-refractivity contribution in [2.45, 2.75) is 0 Å². The highest BCUT2D eigenvalue weighted by atomic mass is 19.1. The summed E-state index contributed by atoms with van der Waals surface area (Å²) in [4.78, 5) is 13.8. The van der Waals surface area contributed by atoms with Crippen LogP contribution in [0.25, 0.3) is 11.3 Å². The van der Waals surface area contributed by atoms with E-state index in [1.807, 2.05) is 0 Å². The van der Waals surface area contributed by atoms with E-state index in [0.717, 1.165) is 18.5 Å². The minimum absolute atomic E-state index is 0.139. The van der Waals surface area contributed by atoms with Gasteiger partial charge >= 0.3 is 6.16 Å². The van der Waals surface area contributed by atoms with E-state index in [0.29, 0.717) is 6.07 Å². The molecule has 0 bridgehead atoms. The van der Waals surface area contributed by atoms with Crippen LogP contribution in [0.5, 0.6) is 5.88 Å². The molecule has 1 N–H and O–H groups in total. The number of rotatable bonds is 2. The number of hydrogen-bond donors (Lipinski definition) is 1. The quantitative estimate of drug-likeness (QED) is 0.818. The molecule has 0 unspecified atom stereocenters. The van der Waals surface area contributed by atoms with Crippen molar-refractivity contribution in [3.63, 3.8) is 0 Å². The van der Waals surface area contributed by atoms with Crippen LogP contribution in [0.2, 0.25) is 0 Å². The molecule has 0 aliphatic heterocycles. The van der Waals surface area contributed by atoms with Crippen LogP contribution in [-0.2, 0) is 0 Å². The Morgan fingerprint density at radius 2 is 2.18 bits per heavy atom. The van der Waals surface area contributed by atoms with E-state index in [-0.39, 0.29) is 11.3 Å². The summed E-state index contributed by atoms with van der Waals surface area (Å²) < 4.78 is 35.2. The summed E-state index contributed by atoms with van der Waals surface area (Å²) in [6.45, 7) is 0. The van der Waals surface area contributed by atoms with E-state index in [9.17, 15) is 13.6 Å². The molecule has 0 saturated carbocycles. The topological polar surface area (TPSA) is 72.6 Å². The van der Waals surface area contributed by atoms with Crippen molar-refractivity contribution in [1.29, 1.82) is 0 Å². The average molecular weight is 241 g/mol. The Bertz CT molecular complexity index is 567. The summed E-state index contributed by atoms with van der Waals surface area (Å²) in [6.07, 6.45) is -0.709. The predicted octanol–water partition coefficient (Wildman–Crippen LogP) is 2.68. The molecule has 0 fully saturated rings. The van der Waals surface area contributed by atoms with Gasteiger partial charge in [-0.25, -0.2) is 13.6 Å². The number of hydrogen-bond acceptors (Lipinski definition) is 4. The second-order valence-corrected chi connectivity index (χ2v) is 2.98. The zero-order valence-corrected chi connectivity index (χ0v) is 8.18. The molecule has 2 rings (SSSR count). The smallest absolute Gasteiger partial charge is 0.449 e. The van der Waals surface area contributed by atoms with Crippen molar-refractivity contribution in [2.75, 3.05) is 0 Å². The molecule has 1 aromatic heterocycles. The van der Waals surface area contributed by atoms with Gasteiger partial charge in [0.2, 0.25) is 5.76 Å². The minimum atomic E-state index is -1.61. The first-order valence-corrected chi connectivity index (χ1v) is 4.37. The van der Waals surface area contributed by atoms with E-state index in [2.05, 4.69) is 9.72 Å². The van der Waals surface area contributed by atoms with Crippen molar-refractivity contribution in [2.24, 2.45) is 0 Å². The monoisotopic (exact) mass is 241 g/mol. The van der Waals surface area contributed by atoms with Gasteiger partial charge in [0.25, 0.3) is 5.88 Å². The molecular weight excluding hydrogens is 236 g/mol. The van der Waals surface area contributed by atoms with Gasteiger partial charge in [-0.2, -0.15) is 4.98 Å². The number of nitrogens with zero attached hydrogens (tertiary/aromatic N) is 1. The number of benzene rings is 1. The fourth-order valence-electron chi connectivity index (χ4n) is 1.24. The van der Waals surface area contributed by atoms with Gasteiger partial charge in [-0.15, -0.1) is 0 Å². The normalized spacial score (nSPS) is 10.2. The van der Waals surface area contributed by atoms with Gasteiger partial charge in [-0.1, -0.05) is 0 Å². The average Bonchev–Trinajstić information content (AvgIpc) is 2.65. The Hall–Kier alpha value is -2.44. The first-order chi connectivity index (χ1) is 8.08. The standard InChI is InChI=1S/C10H5F2NO4/c11-5-1-2-6(7(12)3-5)8-9(13-4-16-8)17-10(14)15/h1-4H,(H,14,15). The summed E-state index contributed by atoms with van der Waals surface area (Å²) in [5, 5.41) is 8.41. The van der Waals surface area contributed by atoms with E-state index in [1.54, 1.807) is 0 Å². The lowest BCUT2D eigenvalue weighted by Crippen LogP contribution is -2.04. The number of ether oxygens (including phenoxy) is 1. The highest BCUT2D eigenvalue weighted by Gasteiger charge is 2.18. The van der Waals surface area contributed by atoms with Crippen LogP contribution in [-0.4, -0.2) is 16.2 Å². The zero-order chi connectivity index (χ0) is 12.4. The maximum absolute atomic E-state index is 13.4. The molecule has 0 aliphatic rings. The summed E-state index contributed by atoms with van der Waals surface area (Å²) in [6, 6.07) is 2.74. The van der Waals surface area contributed by atoms with E-state index < -0.39 is 23.7 Å². The van der Waals surface area contributed by atoms with Crippen molar-refractivity contribution in [3.05, 3.63) is 36.2 Å². The summed E-state index contributed by atoms with van der Waals surface area (Å²) in [5.41, 5.74) is -0.139. The molecule has 1 heterocycles. The molecule has 88 valence electrons. The van der Waals surface area contributed by atoms with Gasteiger partial charge in [-0.3, -0.25) is 0 Å². The third kappa shape index (κ3) is 2.22. The van der Waals surface area contributed by atoms with Crippen LogP contribution in [0.4, 0.5) is 13.6 Å². The third-order valence-electron chi connectivity index (χ3n) is 1.89. The van der Waals surface area contributed by atoms with Crippen LogP contribution in [0.1, 0.15) is 0 Å². The summed E-state index contributed by atoms with van der Waals surface area (Å²) in [5.74, 6) is -2.28. The SMILES string of the molecule is O=C(O)Oc1ncoc1-c1ccc(F)cc1F. The Kier molecular flexibility index (Phi) is 2.73. The molecule has 5 nitrogen and oxygen atoms in total. The molecule has 0 spiro atoms. The fraction of sp³-hybridized carbons (Fsp3) is 0. The predicted molar refractivity (Wildman–Crippen MR) is 50.5 cm³/mol.